The number of aromatic nitrogens is 4. The number of hydrogen-bond donors (Lipinski definition) is 2. The fraction of sp³-hybridized carbons (Fsp3) is 0.133. The Kier molecular flexibility index (Phi) is 4.92. The summed E-state index contributed by atoms with van der Waals surface area (Å²) in [6.45, 7) is 0.374. The fourth-order valence-corrected chi connectivity index (χ4v) is 2.63. The fourth-order valence-electron chi connectivity index (χ4n) is 1.99. The molecule has 0 aliphatic rings. The van der Waals surface area contributed by atoms with Crippen molar-refractivity contribution in [1.29, 1.82) is 0 Å². The van der Waals surface area contributed by atoms with Crippen molar-refractivity contribution in [3.63, 3.8) is 0 Å². The van der Waals surface area contributed by atoms with Crippen molar-refractivity contribution in [3.8, 4) is 5.69 Å². The molecule has 0 radical (unpaired) electrons. The molecule has 2 N–H and O–H groups in total. The molecule has 122 valence electrons. The zero-order chi connectivity index (χ0) is 16.8. The van der Waals surface area contributed by atoms with Crippen LogP contribution in [0.2, 0.25) is 0 Å². The lowest BCUT2D eigenvalue weighted by Gasteiger charge is -2.06. The molecule has 8 nitrogen and oxygen atoms in total. The largest absolute Gasteiger partial charge is 0.343 e. The van der Waals surface area contributed by atoms with E-state index in [4.69, 9.17) is 0 Å². The van der Waals surface area contributed by atoms with Gasteiger partial charge in [-0.15, -0.1) is 16.4 Å². The number of hydrogen-bond acceptors (Lipinski definition) is 6. The summed E-state index contributed by atoms with van der Waals surface area (Å²) in [5.41, 5.74) is 0.772. The van der Waals surface area contributed by atoms with Crippen molar-refractivity contribution in [2.45, 2.75) is 13.1 Å². The third kappa shape index (κ3) is 3.82. The second-order valence-corrected chi connectivity index (χ2v) is 5.82. The van der Waals surface area contributed by atoms with Crippen molar-refractivity contribution >= 4 is 23.2 Å². The maximum Gasteiger partial charge on any atom is 0.309 e. The van der Waals surface area contributed by atoms with Gasteiger partial charge in [-0.25, -0.2) is 0 Å². The van der Waals surface area contributed by atoms with Crippen LogP contribution in [0, 0.1) is 0 Å². The second-order valence-electron chi connectivity index (χ2n) is 4.79. The van der Waals surface area contributed by atoms with E-state index in [0.29, 0.717) is 12.4 Å². The monoisotopic (exact) mass is 342 g/mol. The van der Waals surface area contributed by atoms with Gasteiger partial charge in [-0.1, -0.05) is 24.3 Å². The molecule has 9 heteroatoms. The number of tetrazole rings is 1. The van der Waals surface area contributed by atoms with Crippen LogP contribution in [0.5, 0.6) is 0 Å². The molecule has 3 rings (SSSR count). The molecule has 1 aromatic carbocycles. The van der Waals surface area contributed by atoms with Crippen LogP contribution in [-0.2, 0) is 22.7 Å². The Hall–Kier alpha value is -3.07. The van der Waals surface area contributed by atoms with Gasteiger partial charge in [0.05, 0.1) is 18.8 Å². The Labute approximate surface area is 141 Å². The molecule has 2 heterocycles. The predicted octanol–water partition coefficient (Wildman–Crippen LogP) is 0.656. The minimum Gasteiger partial charge on any atom is -0.343 e. The SMILES string of the molecule is O=C(NCc1cccs1)C(=O)NCc1nnnn1-c1ccccc1. The summed E-state index contributed by atoms with van der Waals surface area (Å²) in [7, 11) is 0. The molecule has 0 bridgehead atoms. The Morgan fingerprint density at radius 2 is 1.75 bits per heavy atom. The third-order valence-electron chi connectivity index (χ3n) is 3.15. The highest BCUT2D eigenvalue weighted by Gasteiger charge is 2.15. The predicted molar refractivity (Wildman–Crippen MR) is 87.2 cm³/mol. The van der Waals surface area contributed by atoms with Crippen molar-refractivity contribution in [2.75, 3.05) is 0 Å². The van der Waals surface area contributed by atoms with Crippen LogP contribution in [0.1, 0.15) is 10.7 Å². The minimum absolute atomic E-state index is 0.0488. The zero-order valence-electron chi connectivity index (χ0n) is 12.5. The molecule has 0 saturated heterocycles. The Balaban J connectivity index is 1.55. The quantitative estimate of drug-likeness (QED) is 0.663. The number of benzene rings is 1. The molecule has 3 aromatic rings. The summed E-state index contributed by atoms with van der Waals surface area (Å²) in [4.78, 5) is 24.6. The van der Waals surface area contributed by atoms with Gasteiger partial charge in [0.1, 0.15) is 0 Å². The first-order valence-electron chi connectivity index (χ1n) is 7.15. The van der Waals surface area contributed by atoms with Crippen molar-refractivity contribution < 1.29 is 9.59 Å². The number of para-hydroxylation sites is 1. The lowest BCUT2D eigenvalue weighted by Crippen LogP contribution is -2.39. The molecule has 2 aromatic heterocycles. The number of thiophene rings is 1. The Bertz CT molecular complexity index is 816. The van der Waals surface area contributed by atoms with Crippen LogP contribution in [-0.4, -0.2) is 32.0 Å². The summed E-state index contributed by atoms with van der Waals surface area (Å²) in [5.74, 6) is -0.989. The molecule has 2 amide bonds. The molecule has 0 atom stereocenters. The molecular weight excluding hydrogens is 328 g/mol. The van der Waals surface area contributed by atoms with Crippen LogP contribution >= 0.6 is 11.3 Å². The third-order valence-corrected chi connectivity index (χ3v) is 4.03. The maximum absolute atomic E-state index is 11.8. The number of nitrogens with one attached hydrogen (secondary N) is 2. The maximum atomic E-state index is 11.8. The molecule has 24 heavy (non-hydrogen) atoms. The highest BCUT2D eigenvalue weighted by molar-refractivity contribution is 7.09. The molecule has 0 saturated carbocycles. The van der Waals surface area contributed by atoms with E-state index in [2.05, 4.69) is 26.2 Å². The van der Waals surface area contributed by atoms with E-state index in [1.807, 2.05) is 47.8 Å². The minimum atomic E-state index is -0.728. The first-order chi connectivity index (χ1) is 11.7. The van der Waals surface area contributed by atoms with Crippen molar-refractivity contribution in [3.05, 3.63) is 58.5 Å². The number of amides is 2. The second kappa shape index (κ2) is 7.47. The topological polar surface area (TPSA) is 102 Å². The van der Waals surface area contributed by atoms with Crippen LogP contribution in [0.4, 0.5) is 0 Å². The standard InChI is InChI=1S/C15H14N6O2S/c22-14(16-9-12-7-4-8-24-12)15(23)17-10-13-18-19-20-21(13)11-5-2-1-3-6-11/h1-8H,9-10H2,(H,16,22)(H,17,23). The molecule has 0 aliphatic heterocycles. The van der Waals surface area contributed by atoms with Gasteiger partial charge in [0.15, 0.2) is 5.82 Å². The van der Waals surface area contributed by atoms with Crippen LogP contribution in [0.25, 0.3) is 5.69 Å². The number of carbonyl (C=O) groups is 2. The van der Waals surface area contributed by atoms with E-state index in [1.165, 1.54) is 16.0 Å². The number of carbonyl (C=O) groups excluding carboxylic acids is 2. The summed E-state index contributed by atoms with van der Waals surface area (Å²) in [6.07, 6.45) is 0. The Morgan fingerprint density at radius 1 is 1.00 bits per heavy atom. The van der Waals surface area contributed by atoms with Gasteiger partial charge < -0.3 is 10.6 Å². The molecule has 0 unspecified atom stereocenters. The van der Waals surface area contributed by atoms with Gasteiger partial charge in [0, 0.05) is 4.88 Å². The van der Waals surface area contributed by atoms with E-state index in [9.17, 15) is 9.59 Å². The lowest BCUT2D eigenvalue weighted by atomic mass is 10.3. The van der Waals surface area contributed by atoms with Gasteiger partial charge in [0.2, 0.25) is 0 Å². The van der Waals surface area contributed by atoms with Crippen LogP contribution in [0.15, 0.2) is 47.8 Å². The zero-order valence-corrected chi connectivity index (χ0v) is 13.4. The van der Waals surface area contributed by atoms with E-state index in [1.54, 1.807) is 0 Å². The van der Waals surface area contributed by atoms with E-state index in [0.717, 1.165) is 10.6 Å². The first-order valence-corrected chi connectivity index (χ1v) is 8.03. The van der Waals surface area contributed by atoms with Gasteiger partial charge >= 0.3 is 11.8 Å². The van der Waals surface area contributed by atoms with E-state index < -0.39 is 11.8 Å². The highest BCUT2D eigenvalue weighted by atomic mass is 32.1. The van der Waals surface area contributed by atoms with Crippen molar-refractivity contribution in [1.82, 2.24) is 30.8 Å². The number of rotatable bonds is 5. The van der Waals surface area contributed by atoms with Gasteiger partial charge in [-0.05, 0) is 34.0 Å². The summed E-state index contributed by atoms with van der Waals surface area (Å²) in [6, 6.07) is 13.1. The summed E-state index contributed by atoms with van der Waals surface area (Å²) < 4.78 is 1.50. The van der Waals surface area contributed by atoms with Crippen LogP contribution < -0.4 is 10.6 Å². The number of nitrogens with zero attached hydrogens (tertiary/aromatic N) is 4. The highest BCUT2D eigenvalue weighted by Crippen LogP contribution is 2.07. The van der Waals surface area contributed by atoms with E-state index >= 15 is 0 Å². The first kappa shape index (κ1) is 15.8. The van der Waals surface area contributed by atoms with Crippen molar-refractivity contribution in [2.24, 2.45) is 0 Å². The smallest absolute Gasteiger partial charge is 0.309 e. The van der Waals surface area contributed by atoms with Gasteiger partial charge in [-0.3, -0.25) is 9.59 Å². The van der Waals surface area contributed by atoms with Crippen LogP contribution in [0.3, 0.4) is 0 Å². The molecular formula is C15H14N6O2S. The Morgan fingerprint density at radius 3 is 2.46 bits per heavy atom. The molecule has 0 spiro atoms. The lowest BCUT2D eigenvalue weighted by molar-refractivity contribution is -0.139. The average molecular weight is 342 g/mol. The summed E-state index contributed by atoms with van der Waals surface area (Å²) >= 11 is 1.51. The normalized spacial score (nSPS) is 10.3. The molecule has 0 aliphatic carbocycles. The molecule has 0 fully saturated rings. The average Bonchev–Trinajstić information content (AvgIpc) is 3.29. The van der Waals surface area contributed by atoms with Gasteiger partial charge in [0.25, 0.3) is 0 Å². The summed E-state index contributed by atoms with van der Waals surface area (Å²) in [5, 5.41) is 18.3. The van der Waals surface area contributed by atoms with Gasteiger partial charge in [-0.2, -0.15) is 4.68 Å². The van der Waals surface area contributed by atoms with E-state index in [-0.39, 0.29) is 6.54 Å².